The van der Waals surface area contributed by atoms with Gasteiger partial charge in [-0.1, -0.05) is 6.07 Å². The second kappa shape index (κ2) is 7.71. The summed E-state index contributed by atoms with van der Waals surface area (Å²) in [5.41, 5.74) is 0.544. The summed E-state index contributed by atoms with van der Waals surface area (Å²) in [6.07, 6.45) is -1.13. The van der Waals surface area contributed by atoms with E-state index in [1.54, 1.807) is 18.2 Å². The maximum Gasteiger partial charge on any atom is 0.311 e. The van der Waals surface area contributed by atoms with Crippen LogP contribution in [0.2, 0.25) is 0 Å². The average Bonchev–Trinajstić information content (AvgIpc) is 2.65. The Kier molecular flexibility index (Phi) is 5.66. The fraction of sp³-hybridized carbons (Fsp3) is 0.294. The molecule has 0 unspecified atom stereocenters. The van der Waals surface area contributed by atoms with E-state index in [2.05, 4.69) is 0 Å². The number of aliphatic hydroxyl groups is 1. The lowest BCUT2D eigenvalue weighted by molar-refractivity contribution is -0.385. The predicted molar refractivity (Wildman–Crippen MR) is 89.8 cm³/mol. The van der Waals surface area contributed by atoms with Crippen LogP contribution in [-0.2, 0) is 0 Å². The van der Waals surface area contributed by atoms with Crippen LogP contribution in [0.4, 0.5) is 5.69 Å². The van der Waals surface area contributed by atoms with E-state index in [1.807, 2.05) is 0 Å². The third kappa shape index (κ3) is 3.58. The fourth-order valence-corrected chi connectivity index (χ4v) is 2.47. The second-order valence-corrected chi connectivity index (χ2v) is 5.05. The van der Waals surface area contributed by atoms with Crippen LogP contribution in [-0.4, -0.2) is 38.5 Å². The molecule has 2 rings (SSSR count). The quantitative estimate of drug-likeness (QED) is 0.606. The van der Waals surface area contributed by atoms with E-state index in [0.717, 1.165) is 0 Å². The van der Waals surface area contributed by atoms with Crippen molar-refractivity contribution in [3.8, 4) is 23.0 Å². The largest absolute Gasteiger partial charge is 0.493 e. The Bertz CT molecular complexity index is 751. The molecule has 0 bridgehead atoms. The van der Waals surface area contributed by atoms with E-state index < -0.39 is 11.0 Å². The topological polar surface area (TPSA) is 100 Å². The molecule has 1 atom stereocenters. The van der Waals surface area contributed by atoms with E-state index in [0.29, 0.717) is 28.4 Å². The van der Waals surface area contributed by atoms with Gasteiger partial charge in [0, 0.05) is 6.07 Å². The minimum absolute atomic E-state index is 0.117. The minimum Gasteiger partial charge on any atom is -0.493 e. The van der Waals surface area contributed by atoms with Gasteiger partial charge in [0.2, 0.25) is 5.75 Å². The van der Waals surface area contributed by atoms with Crippen LogP contribution in [0.25, 0.3) is 0 Å². The van der Waals surface area contributed by atoms with Crippen LogP contribution in [0.1, 0.15) is 17.2 Å². The number of nitrogens with zero attached hydrogens (tertiary/aromatic N) is 1. The van der Waals surface area contributed by atoms with Gasteiger partial charge in [0.15, 0.2) is 17.2 Å². The third-order valence-electron chi connectivity index (χ3n) is 3.72. The van der Waals surface area contributed by atoms with E-state index in [4.69, 9.17) is 18.9 Å². The Morgan fingerprint density at radius 1 is 0.880 bits per heavy atom. The number of hydrogen-bond acceptors (Lipinski definition) is 7. The number of aliphatic hydroxyl groups excluding tert-OH is 1. The van der Waals surface area contributed by atoms with Gasteiger partial charge in [-0.05, 0) is 29.3 Å². The van der Waals surface area contributed by atoms with Gasteiger partial charge >= 0.3 is 5.69 Å². The molecule has 0 amide bonds. The van der Waals surface area contributed by atoms with Gasteiger partial charge in [-0.3, -0.25) is 10.1 Å². The molecule has 0 aliphatic rings. The van der Waals surface area contributed by atoms with E-state index in [-0.39, 0.29) is 11.4 Å². The Morgan fingerprint density at radius 2 is 1.44 bits per heavy atom. The molecule has 25 heavy (non-hydrogen) atoms. The van der Waals surface area contributed by atoms with Gasteiger partial charge < -0.3 is 24.1 Å². The van der Waals surface area contributed by atoms with Crippen molar-refractivity contribution in [1.82, 2.24) is 0 Å². The number of benzene rings is 2. The molecule has 1 N–H and O–H groups in total. The minimum atomic E-state index is -1.13. The Labute approximate surface area is 144 Å². The molecule has 0 heterocycles. The van der Waals surface area contributed by atoms with Crippen molar-refractivity contribution in [2.75, 3.05) is 28.4 Å². The molecule has 0 spiro atoms. The van der Waals surface area contributed by atoms with Crippen molar-refractivity contribution < 1.29 is 29.0 Å². The summed E-state index contributed by atoms with van der Waals surface area (Å²) in [6.45, 7) is 0. The standard InChI is InChI=1S/C17H19NO7/c1-22-13-6-5-10(7-12(13)18(20)21)16(19)11-8-14(23-2)17(25-4)15(9-11)24-3/h5-9,16,19H,1-4H3/t16-/m1/s1. The molecule has 2 aromatic carbocycles. The molecule has 134 valence electrons. The zero-order valence-corrected chi connectivity index (χ0v) is 14.3. The van der Waals surface area contributed by atoms with Gasteiger partial charge in [-0.25, -0.2) is 0 Å². The average molecular weight is 349 g/mol. The highest BCUT2D eigenvalue weighted by Gasteiger charge is 2.22. The van der Waals surface area contributed by atoms with Gasteiger partial charge in [-0.2, -0.15) is 0 Å². The van der Waals surface area contributed by atoms with E-state index in [1.165, 1.54) is 40.6 Å². The Hall–Kier alpha value is -3.00. The Morgan fingerprint density at radius 3 is 1.88 bits per heavy atom. The van der Waals surface area contributed by atoms with Crippen LogP contribution in [0, 0.1) is 10.1 Å². The molecule has 0 saturated carbocycles. The second-order valence-electron chi connectivity index (χ2n) is 5.05. The van der Waals surface area contributed by atoms with Gasteiger partial charge in [-0.15, -0.1) is 0 Å². The maximum atomic E-state index is 11.2. The lowest BCUT2D eigenvalue weighted by Crippen LogP contribution is -2.04. The summed E-state index contributed by atoms with van der Waals surface area (Å²) >= 11 is 0. The Balaban J connectivity index is 2.52. The predicted octanol–water partition coefficient (Wildman–Crippen LogP) is 2.71. The molecule has 0 aliphatic carbocycles. The van der Waals surface area contributed by atoms with Crippen molar-refractivity contribution in [3.05, 3.63) is 51.6 Å². The molecule has 2 aromatic rings. The first-order valence-electron chi connectivity index (χ1n) is 7.27. The summed E-state index contributed by atoms with van der Waals surface area (Å²) in [5, 5.41) is 21.8. The molecular formula is C17H19NO7. The number of methoxy groups -OCH3 is 4. The molecular weight excluding hydrogens is 330 g/mol. The molecule has 8 nitrogen and oxygen atoms in total. The SMILES string of the molecule is COc1ccc([C@@H](O)c2cc(OC)c(OC)c(OC)c2)cc1[N+](=O)[O-]. The zero-order valence-electron chi connectivity index (χ0n) is 14.3. The fourth-order valence-electron chi connectivity index (χ4n) is 2.47. The molecule has 0 fully saturated rings. The van der Waals surface area contributed by atoms with Crippen LogP contribution in [0.3, 0.4) is 0 Å². The number of hydrogen-bond donors (Lipinski definition) is 1. The number of rotatable bonds is 7. The molecule has 0 radical (unpaired) electrons. The highest BCUT2D eigenvalue weighted by molar-refractivity contribution is 5.56. The maximum absolute atomic E-state index is 11.2. The number of nitro benzene ring substituents is 1. The first-order chi connectivity index (χ1) is 12.0. The molecule has 8 heteroatoms. The molecule has 0 aromatic heterocycles. The summed E-state index contributed by atoms with van der Waals surface area (Å²) < 4.78 is 20.7. The van der Waals surface area contributed by atoms with Crippen molar-refractivity contribution in [1.29, 1.82) is 0 Å². The van der Waals surface area contributed by atoms with Crippen LogP contribution < -0.4 is 18.9 Å². The van der Waals surface area contributed by atoms with E-state index >= 15 is 0 Å². The molecule has 0 aliphatic heterocycles. The lowest BCUT2D eigenvalue weighted by atomic mass is 10.00. The monoisotopic (exact) mass is 349 g/mol. The van der Waals surface area contributed by atoms with Gasteiger partial charge in [0.1, 0.15) is 6.10 Å². The number of ether oxygens (including phenoxy) is 4. The first kappa shape index (κ1) is 18.3. The summed E-state index contributed by atoms with van der Waals surface area (Å²) in [4.78, 5) is 10.6. The van der Waals surface area contributed by atoms with Crippen molar-refractivity contribution in [2.45, 2.75) is 6.10 Å². The lowest BCUT2D eigenvalue weighted by Gasteiger charge is -2.17. The molecule has 0 saturated heterocycles. The summed E-state index contributed by atoms with van der Waals surface area (Å²) in [5.74, 6) is 1.25. The van der Waals surface area contributed by atoms with Crippen LogP contribution in [0.15, 0.2) is 30.3 Å². The third-order valence-corrected chi connectivity index (χ3v) is 3.72. The number of nitro groups is 1. The smallest absolute Gasteiger partial charge is 0.311 e. The van der Waals surface area contributed by atoms with Crippen molar-refractivity contribution >= 4 is 5.69 Å². The van der Waals surface area contributed by atoms with Crippen LogP contribution in [0.5, 0.6) is 23.0 Å². The normalized spacial score (nSPS) is 11.6. The highest BCUT2D eigenvalue weighted by Crippen LogP contribution is 2.41. The van der Waals surface area contributed by atoms with Crippen LogP contribution >= 0.6 is 0 Å². The summed E-state index contributed by atoms with van der Waals surface area (Å²) in [6, 6.07) is 7.44. The van der Waals surface area contributed by atoms with Crippen molar-refractivity contribution in [3.63, 3.8) is 0 Å². The van der Waals surface area contributed by atoms with E-state index in [9.17, 15) is 15.2 Å². The van der Waals surface area contributed by atoms with Crippen molar-refractivity contribution in [2.24, 2.45) is 0 Å². The highest BCUT2D eigenvalue weighted by atomic mass is 16.6. The van der Waals surface area contributed by atoms with Gasteiger partial charge in [0.05, 0.1) is 33.4 Å². The summed E-state index contributed by atoms with van der Waals surface area (Å²) in [7, 11) is 5.75. The first-order valence-corrected chi connectivity index (χ1v) is 7.27. The van der Waals surface area contributed by atoms with Gasteiger partial charge in [0.25, 0.3) is 0 Å². The zero-order chi connectivity index (χ0) is 18.6.